The van der Waals surface area contributed by atoms with Crippen LogP contribution >= 0.6 is 7.26 Å². The Labute approximate surface area is 300 Å². The van der Waals surface area contributed by atoms with Gasteiger partial charge in [-0.15, -0.1) is 0 Å². The maximum Gasteiger partial charge on any atom is 0.261 e. The lowest BCUT2D eigenvalue weighted by Crippen LogP contribution is -3.05. The molecule has 2 heterocycles. The van der Waals surface area contributed by atoms with E-state index in [0.29, 0.717) is 36.2 Å². The van der Waals surface area contributed by atoms with Crippen molar-refractivity contribution in [2.75, 3.05) is 32.3 Å². The van der Waals surface area contributed by atoms with Crippen molar-refractivity contribution in [3.63, 3.8) is 0 Å². The number of aliphatic imine (C=N–C) groups is 1. The summed E-state index contributed by atoms with van der Waals surface area (Å²) in [6, 6.07) is 37.8. The number of aldehydes is 1. The normalized spacial score (nSPS) is 15.1. The lowest BCUT2D eigenvalue weighted by Gasteiger charge is -2.29. The number of unbranched alkanes of at least 4 members (excludes halogenated alkanes) is 3. The molecule has 51 heavy (non-hydrogen) atoms. The van der Waals surface area contributed by atoms with E-state index in [4.69, 9.17) is 0 Å². The van der Waals surface area contributed by atoms with Crippen LogP contribution in [0.25, 0.3) is 10.8 Å². The van der Waals surface area contributed by atoms with Gasteiger partial charge in [0, 0.05) is 59.5 Å². The van der Waals surface area contributed by atoms with E-state index in [0.717, 1.165) is 65.3 Å². The molecule has 1 fully saturated rings. The van der Waals surface area contributed by atoms with E-state index in [2.05, 4.69) is 35.3 Å². The summed E-state index contributed by atoms with van der Waals surface area (Å²) in [5.41, 5.74) is 3.01. The van der Waals surface area contributed by atoms with E-state index in [9.17, 15) is 19.5 Å². The number of quaternary nitrogens is 1. The molecule has 7 rings (SSSR count). The molecule has 8 heteroatoms. The molecule has 5 aromatic rings. The van der Waals surface area contributed by atoms with Crippen LogP contribution in [-0.2, 0) is 0 Å². The molecular formula is C43H43N3O4P+. The number of carbonyl (C=O) groups excluding carboxylic acids is 3. The molecule has 0 aliphatic carbocycles. The van der Waals surface area contributed by atoms with Crippen LogP contribution < -0.4 is 25.9 Å². The second kappa shape index (κ2) is 15.5. The highest BCUT2D eigenvalue weighted by Crippen LogP contribution is 2.55. The molecule has 0 bridgehead atoms. The van der Waals surface area contributed by atoms with Crippen molar-refractivity contribution in [1.29, 1.82) is 0 Å². The molecule has 7 nitrogen and oxygen atoms in total. The van der Waals surface area contributed by atoms with Crippen molar-refractivity contribution in [1.82, 2.24) is 4.90 Å². The first-order chi connectivity index (χ1) is 25.0. The average Bonchev–Trinajstić information content (AvgIpc) is 3.72. The molecule has 2 amide bonds. The summed E-state index contributed by atoms with van der Waals surface area (Å²) in [5.74, 6) is -0.559. The first-order valence-corrected chi connectivity index (χ1v) is 20.0. The zero-order valence-electron chi connectivity index (χ0n) is 28.8. The highest BCUT2D eigenvalue weighted by atomic mass is 31.2. The molecule has 0 saturated carbocycles. The Morgan fingerprint density at radius 2 is 1.31 bits per heavy atom. The monoisotopic (exact) mass is 696 g/mol. The fourth-order valence-corrected chi connectivity index (χ4v) is 11.8. The van der Waals surface area contributed by atoms with Crippen LogP contribution in [0.2, 0.25) is 0 Å². The van der Waals surface area contributed by atoms with E-state index in [1.165, 1.54) is 28.3 Å². The SMILES string of the molecule is O=Cc1ccc([P+](CC([O-])=NCCCCCCN2C(=O)c3cccc4c([NH+]5CCCC5)ccc(c34)C2=O)(c2ccccc2)c2ccccc2)cc1. The van der Waals surface area contributed by atoms with Gasteiger partial charge in [0.1, 0.15) is 41.3 Å². The summed E-state index contributed by atoms with van der Waals surface area (Å²) in [6.07, 6.45) is 6.58. The summed E-state index contributed by atoms with van der Waals surface area (Å²) in [6.45, 7) is 2.95. The number of amides is 2. The van der Waals surface area contributed by atoms with Crippen molar-refractivity contribution in [3.8, 4) is 0 Å². The minimum atomic E-state index is -2.41. The van der Waals surface area contributed by atoms with Gasteiger partial charge in [-0.3, -0.25) is 19.3 Å². The third kappa shape index (κ3) is 6.89. The van der Waals surface area contributed by atoms with Gasteiger partial charge in [-0.25, -0.2) is 0 Å². The Hall–Kier alpha value is -4.97. The fourth-order valence-electron chi connectivity index (χ4n) is 7.81. The Balaban J connectivity index is 0.991. The lowest BCUT2D eigenvalue weighted by atomic mass is 9.92. The Morgan fingerprint density at radius 3 is 1.96 bits per heavy atom. The third-order valence-electron chi connectivity index (χ3n) is 10.4. The topological polar surface area (TPSA) is 94.3 Å². The number of rotatable bonds is 14. The quantitative estimate of drug-likeness (QED) is 0.0448. The van der Waals surface area contributed by atoms with Gasteiger partial charge in [0.05, 0.1) is 13.1 Å². The van der Waals surface area contributed by atoms with Crippen molar-refractivity contribution in [3.05, 3.63) is 132 Å². The van der Waals surface area contributed by atoms with E-state index in [-0.39, 0.29) is 23.9 Å². The largest absolute Gasteiger partial charge is 0.859 e. The number of nitrogens with zero attached hydrogens (tertiary/aromatic N) is 2. The number of nitrogens with one attached hydrogen (secondary N) is 1. The summed E-state index contributed by atoms with van der Waals surface area (Å²) in [7, 11) is -2.41. The van der Waals surface area contributed by atoms with Crippen LogP contribution in [0.5, 0.6) is 0 Å². The van der Waals surface area contributed by atoms with Gasteiger partial charge in [-0.1, -0.05) is 55.3 Å². The van der Waals surface area contributed by atoms with E-state index < -0.39 is 7.26 Å². The van der Waals surface area contributed by atoms with Gasteiger partial charge in [-0.2, -0.15) is 0 Å². The number of hydrogen-bond acceptors (Lipinski definition) is 5. The number of benzene rings is 5. The molecule has 0 aromatic heterocycles. The second-order valence-electron chi connectivity index (χ2n) is 13.5. The molecule has 1 N–H and O–H groups in total. The van der Waals surface area contributed by atoms with Crippen molar-refractivity contribution < 1.29 is 24.4 Å². The van der Waals surface area contributed by atoms with Crippen LogP contribution in [0.1, 0.15) is 69.6 Å². The predicted octanol–water partition coefficient (Wildman–Crippen LogP) is 4.87. The molecule has 0 atom stereocenters. The molecule has 0 spiro atoms. The fraction of sp³-hybridized carbons (Fsp3) is 0.256. The van der Waals surface area contributed by atoms with E-state index >= 15 is 0 Å². The second-order valence-corrected chi connectivity index (χ2v) is 17.0. The Morgan fingerprint density at radius 1 is 0.706 bits per heavy atom. The van der Waals surface area contributed by atoms with Crippen LogP contribution in [0.3, 0.4) is 0 Å². The molecular weight excluding hydrogens is 653 g/mol. The van der Waals surface area contributed by atoms with Crippen molar-refractivity contribution in [2.45, 2.75) is 38.5 Å². The highest BCUT2D eigenvalue weighted by molar-refractivity contribution is 7.96. The first-order valence-electron chi connectivity index (χ1n) is 18.0. The van der Waals surface area contributed by atoms with E-state index in [1.807, 2.05) is 84.9 Å². The van der Waals surface area contributed by atoms with Gasteiger partial charge >= 0.3 is 0 Å². The Bertz CT molecular complexity index is 2000. The molecule has 1 saturated heterocycles. The molecule has 258 valence electrons. The average molecular weight is 697 g/mol. The number of hydrogen-bond donors (Lipinski definition) is 1. The van der Waals surface area contributed by atoms with Crippen LogP contribution in [0, 0.1) is 0 Å². The predicted molar refractivity (Wildman–Crippen MR) is 205 cm³/mol. The molecule has 0 radical (unpaired) electrons. The standard InChI is InChI=1S/C43H42N3O4P/c47-30-32-20-22-35(23-21-32)51(33-14-5-3-6-15-33,34-16-7-4-8-17-34)31-40(48)44-26-9-1-2-10-29-46-42(49)37-19-13-18-36-39(45-27-11-12-28-45)25-24-38(41(36)37)43(46)50/h3-8,13-25,30H,1-2,9-12,26-29,31H2/p+1. The maximum absolute atomic E-state index is 13.7. The maximum atomic E-state index is 13.7. The first kappa shape index (κ1) is 34.5. The molecule has 5 aromatic carbocycles. The molecule has 2 aliphatic rings. The van der Waals surface area contributed by atoms with Gasteiger partial charge in [0.25, 0.3) is 11.8 Å². The smallest absolute Gasteiger partial charge is 0.261 e. The van der Waals surface area contributed by atoms with Gasteiger partial charge in [0.2, 0.25) is 0 Å². The summed E-state index contributed by atoms with van der Waals surface area (Å²) in [4.78, 5) is 45.9. The van der Waals surface area contributed by atoms with Crippen LogP contribution in [0.4, 0.5) is 5.69 Å². The van der Waals surface area contributed by atoms with Crippen LogP contribution in [0.15, 0.2) is 120 Å². The number of carbonyl (C=O) groups is 3. The van der Waals surface area contributed by atoms with Gasteiger partial charge in [-0.05, 0) is 85.5 Å². The van der Waals surface area contributed by atoms with E-state index in [1.54, 1.807) is 0 Å². The third-order valence-corrected chi connectivity index (χ3v) is 14.7. The lowest BCUT2D eigenvalue weighted by molar-refractivity contribution is -0.817. The Kier molecular flexibility index (Phi) is 10.5. The molecule has 0 unspecified atom stereocenters. The zero-order chi connectivity index (χ0) is 35.2. The number of imide groups is 1. The van der Waals surface area contributed by atoms with Gasteiger partial charge in [0.15, 0.2) is 0 Å². The van der Waals surface area contributed by atoms with Crippen LogP contribution in [-0.4, -0.2) is 61.2 Å². The summed E-state index contributed by atoms with van der Waals surface area (Å²) < 4.78 is 0. The zero-order valence-corrected chi connectivity index (χ0v) is 29.7. The van der Waals surface area contributed by atoms with Gasteiger partial charge < -0.3 is 15.0 Å². The van der Waals surface area contributed by atoms with Crippen molar-refractivity contribution >= 4 is 63.6 Å². The minimum absolute atomic E-state index is 0.137. The summed E-state index contributed by atoms with van der Waals surface area (Å²) >= 11 is 0. The highest BCUT2D eigenvalue weighted by Gasteiger charge is 2.45. The minimum Gasteiger partial charge on any atom is -0.859 e. The van der Waals surface area contributed by atoms with Crippen molar-refractivity contribution in [2.24, 2.45) is 4.99 Å². The molecule has 2 aliphatic heterocycles. The summed E-state index contributed by atoms with van der Waals surface area (Å²) in [5, 5.41) is 18.7.